The summed E-state index contributed by atoms with van der Waals surface area (Å²) < 4.78 is 52.7. The van der Waals surface area contributed by atoms with Crippen LogP contribution in [0.25, 0.3) is 16.9 Å². The molecule has 8 heteroatoms. The molecule has 31 heavy (non-hydrogen) atoms. The van der Waals surface area contributed by atoms with Crippen molar-refractivity contribution in [3.8, 4) is 16.9 Å². The number of carboxylic acids is 1. The van der Waals surface area contributed by atoms with Gasteiger partial charge in [0.15, 0.2) is 21.5 Å². The molecule has 0 saturated carbocycles. The lowest BCUT2D eigenvalue weighted by molar-refractivity contribution is -0.139. The molecule has 2 aromatic carbocycles. The Morgan fingerprint density at radius 3 is 2.10 bits per heavy atom. The fourth-order valence-electron chi connectivity index (χ4n) is 3.76. The first-order valence-corrected chi connectivity index (χ1v) is 11.5. The predicted molar refractivity (Wildman–Crippen MR) is 114 cm³/mol. The molecule has 0 amide bonds. The molecule has 1 atom stereocenters. The van der Waals surface area contributed by atoms with E-state index in [0.717, 1.165) is 18.4 Å². The van der Waals surface area contributed by atoms with E-state index in [2.05, 4.69) is 0 Å². The smallest absolute Gasteiger partial charge is 0.311 e. The van der Waals surface area contributed by atoms with Crippen molar-refractivity contribution in [1.29, 1.82) is 0 Å². The third-order valence-electron chi connectivity index (χ3n) is 5.29. The SMILES string of the molecule is Cc1c(C(C(=O)O)C(C)C)cc(-c2ccc(S(C)(=O)=O)cc2)n1-c1ccc(F)c(F)c1. The minimum atomic E-state index is -3.39. The van der Waals surface area contributed by atoms with Crippen molar-refractivity contribution in [2.45, 2.75) is 31.6 Å². The largest absolute Gasteiger partial charge is 0.481 e. The molecule has 5 nitrogen and oxygen atoms in total. The summed E-state index contributed by atoms with van der Waals surface area (Å²) in [5, 5.41) is 9.78. The van der Waals surface area contributed by atoms with Crippen LogP contribution in [0.3, 0.4) is 0 Å². The lowest BCUT2D eigenvalue weighted by Crippen LogP contribution is -2.18. The highest BCUT2D eigenvalue weighted by molar-refractivity contribution is 7.90. The van der Waals surface area contributed by atoms with Gasteiger partial charge in [0, 0.05) is 23.7 Å². The van der Waals surface area contributed by atoms with Crippen molar-refractivity contribution >= 4 is 15.8 Å². The average Bonchev–Trinajstić information content (AvgIpc) is 3.00. The third-order valence-corrected chi connectivity index (χ3v) is 6.42. The van der Waals surface area contributed by atoms with Gasteiger partial charge in [0.1, 0.15) is 0 Å². The highest BCUT2D eigenvalue weighted by Gasteiger charge is 2.29. The monoisotopic (exact) mass is 447 g/mol. The number of hydrogen-bond donors (Lipinski definition) is 1. The number of aliphatic carboxylic acids is 1. The van der Waals surface area contributed by atoms with Crippen LogP contribution >= 0.6 is 0 Å². The molecule has 0 fully saturated rings. The standard InChI is InChI=1S/C23H23F2NO4S/c1-13(2)22(23(27)28)18-12-21(15-5-8-17(9-6-15)31(4,29)30)26(14(18)3)16-7-10-19(24)20(25)11-16/h5-13,22H,1-4H3,(H,27,28). The summed E-state index contributed by atoms with van der Waals surface area (Å²) in [7, 11) is -3.39. The molecule has 0 aliphatic rings. The van der Waals surface area contributed by atoms with Crippen molar-refractivity contribution in [3.63, 3.8) is 0 Å². The van der Waals surface area contributed by atoms with E-state index in [9.17, 15) is 27.1 Å². The van der Waals surface area contributed by atoms with E-state index >= 15 is 0 Å². The van der Waals surface area contributed by atoms with E-state index in [4.69, 9.17) is 0 Å². The molecular weight excluding hydrogens is 424 g/mol. The second kappa shape index (κ2) is 8.26. The van der Waals surface area contributed by atoms with Crippen molar-refractivity contribution in [2.75, 3.05) is 6.26 Å². The Bertz CT molecular complexity index is 1250. The van der Waals surface area contributed by atoms with E-state index in [-0.39, 0.29) is 10.8 Å². The van der Waals surface area contributed by atoms with Gasteiger partial charge in [-0.1, -0.05) is 26.0 Å². The molecule has 0 spiro atoms. The zero-order chi connectivity index (χ0) is 23.1. The Labute approximate surface area is 179 Å². The van der Waals surface area contributed by atoms with E-state index in [0.29, 0.717) is 28.2 Å². The molecule has 0 radical (unpaired) electrons. The third kappa shape index (κ3) is 4.39. The Morgan fingerprint density at radius 1 is 1.00 bits per heavy atom. The van der Waals surface area contributed by atoms with E-state index in [1.165, 1.54) is 18.2 Å². The van der Waals surface area contributed by atoms with Gasteiger partial charge >= 0.3 is 5.97 Å². The fourth-order valence-corrected chi connectivity index (χ4v) is 4.39. The van der Waals surface area contributed by atoms with Crippen LogP contribution in [-0.2, 0) is 14.6 Å². The second-order valence-corrected chi connectivity index (χ2v) is 9.88. The highest BCUT2D eigenvalue weighted by atomic mass is 32.2. The molecule has 3 rings (SSSR count). The van der Waals surface area contributed by atoms with Crippen LogP contribution in [0.4, 0.5) is 8.78 Å². The van der Waals surface area contributed by atoms with E-state index < -0.39 is 33.4 Å². The number of hydrogen-bond acceptors (Lipinski definition) is 3. The normalized spacial score (nSPS) is 12.9. The van der Waals surface area contributed by atoms with E-state index in [1.807, 2.05) is 0 Å². The summed E-state index contributed by atoms with van der Waals surface area (Å²) in [5.74, 6) is -4.01. The first kappa shape index (κ1) is 22.7. The number of halogens is 2. The molecule has 0 aliphatic carbocycles. The lowest BCUT2D eigenvalue weighted by atomic mass is 9.88. The van der Waals surface area contributed by atoms with Crippen LogP contribution in [0.1, 0.15) is 31.0 Å². The maximum absolute atomic E-state index is 14.0. The van der Waals surface area contributed by atoms with Gasteiger partial charge in [-0.25, -0.2) is 17.2 Å². The number of aromatic nitrogens is 1. The van der Waals surface area contributed by atoms with Crippen LogP contribution < -0.4 is 0 Å². The Kier molecular flexibility index (Phi) is 6.04. The molecule has 1 heterocycles. The summed E-state index contributed by atoms with van der Waals surface area (Å²) in [5.41, 5.74) is 2.62. The fraction of sp³-hybridized carbons (Fsp3) is 0.261. The van der Waals surface area contributed by atoms with Gasteiger partial charge in [-0.15, -0.1) is 0 Å². The number of sulfone groups is 1. The summed E-state index contributed by atoms with van der Waals surface area (Å²) in [4.78, 5) is 12.1. The summed E-state index contributed by atoms with van der Waals surface area (Å²) in [6, 6.07) is 11.3. The Balaban J connectivity index is 2.29. The first-order chi connectivity index (χ1) is 14.4. The first-order valence-electron chi connectivity index (χ1n) is 9.62. The van der Waals surface area contributed by atoms with Crippen molar-refractivity contribution in [1.82, 2.24) is 4.57 Å². The molecule has 0 saturated heterocycles. The predicted octanol–water partition coefficient (Wildman–Crippen LogP) is 4.96. The van der Waals surface area contributed by atoms with Crippen LogP contribution in [0.15, 0.2) is 53.4 Å². The summed E-state index contributed by atoms with van der Waals surface area (Å²) >= 11 is 0. The van der Waals surface area contributed by atoms with Crippen LogP contribution in [0.2, 0.25) is 0 Å². The average molecular weight is 448 g/mol. The number of carbonyl (C=O) groups is 1. The van der Waals surface area contributed by atoms with Crippen LogP contribution in [-0.4, -0.2) is 30.3 Å². The molecule has 0 bridgehead atoms. The number of rotatable bonds is 6. The Hall–Kier alpha value is -3.00. The minimum absolute atomic E-state index is 0.143. The van der Waals surface area contributed by atoms with Crippen molar-refractivity contribution in [3.05, 3.63) is 71.4 Å². The summed E-state index contributed by atoms with van der Waals surface area (Å²) in [6.45, 7) is 5.32. The maximum atomic E-state index is 14.0. The zero-order valence-electron chi connectivity index (χ0n) is 17.6. The molecular formula is C23H23F2NO4S. The summed E-state index contributed by atoms with van der Waals surface area (Å²) in [6.07, 6.45) is 1.11. The Morgan fingerprint density at radius 2 is 1.61 bits per heavy atom. The van der Waals surface area contributed by atoms with Gasteiger partial charge in [0.05, 0.1) is 16.5 Å². The minimum Gasteiger partial charge on any atom is -0.481 e. The number of carboxylic acid groups (broad SMARTS) is 1. The van der Waals surface area contributed by atoms with Crippen molar-refractivity contribution in [2.24, 2.45) is 5.92 Å². The molecule has 164 valence electrons. The second-order valence-electron chi connectivity index (χ2n) is 7.86. The van der Waals surface area contributed by atoms with Crippen LogP contribution in [0, 0.1) is 24.5 Å². The zero-order valence-corrected chi connectivity index (χ0v) is 18.4. The van der Waals surface area contributed by atoms with Gasteiger partial charge in [-0.2, -0.15) is 0 Å². The number of benzene rings is 2. The van der Waals surface area contributed by atoms with Crippen LogP contribution in [0.5, 0.6) is 0 Å². The molecule has 1 unspecified atom stereocenters. The molecule has 0 aliphatic heterocycles. The molecule has 1 aromatic heterocycles. The topological polar surface area (TPSA) is 76.4 Å². The lowest BCUT2D eigenvalue weighted by Gasteiger charge is -2.17. The van der Waals surface area contributed by atoms with Crippen molar-refractivity contribution < 1.29 is 27.1 Å². The van der Waals surface area contributed by atoms with Gasteiger partial charge in [-0.3, -0.25) is 4.79 Å². The van der Waals surface area contributed by atoms with Gasteiger partial charge in [0.2, 0.25) is 0 Å². The number of nitrogens with zero attached hydrogens (tertiary/aromatic N) is 1. The molecule has 3 aromatic rings. The van der Waals surface area contributed by atoms with Gasteiger partial charge in [0.25, 0.3) is 0 Å². The van der Waals surface area contributed by atoms with Gasteiger partial charge < -0.3 is 9.67 Å². The van der Waals surface area contributed by atoms with Gasteiger partial charge in [-0.05, 0) is 54.3 Å². The quantitative estimate of drug-likeness (QED) is 0.580. The highest BCUT2D eigenvalue weighted by Crippen LogP contribution is 2.36. The maximum Gasteiger partial charge on any atom is 0.311 e. The molecule has 1 N–H and O–H groups in total. The van der Waals surface area contributed by atoms with E-state index in [1.54, 1.807) is 43.5 Å².